The Hall–Kier alpha value is -1.43. The molecule has 6 nitrogen and oxygen atoms in total. The van der Waals surface area contributed by atoms with E-state index in [1.807, 2.05) is 0 Å². The molecule has 4 atom stereocenters. The molecule has 1 amide bonds. The van der Waals surface area contributed by atoms with Crippen LogP contribution in [0.3, 0.4) is 0 Å². The molecule has 0 spiro atoms. The van der Waals surface area contributed by atoms with Gasteiger partial charge in [0.2, 0.25) is 11.8 Å². The van der Waals surface area contributed by atoms with Gasteiger partial charge in [-0.05, 0) is 31.1 Å². The third-order valence-electron chi connectivity index (χ3n) is 5.06. The molecule has 3 fully saturated rings. The minimum absolute atomic E-state index is 0.0240. The van der Waals surface area contributed by atoms with E-state index in [0.29, 0.717) is 24.8 Å². The van der Waals surface area contributed by atoms with E-state index in [9.17, 15) is 4.79 Å². The largest absolute Gasteiger partial charge is 0.353 e. The molecule has 1 aromatic rings. The topological polar surface area (TPSA) is 80.0 Å². The number of nitrogens with zero attached hydrogens (tertiary/aromatic N) is 2. The van der Waals surface area contributed by atoms with Gasteiger partial charge in [0, 0.05) is 19.0 Å². The standard InChI is InChI=1S/C14H20N4O2/c19-14-11(15-3-4-16-14)7-12-17-13(18-20-12)10-6-8-1-2-9(10)5-8/h8-11,15H,1-7H2,(H,16,19). The summed E-state index contributed by atoms with van der Waals surface area (Å²) < 4.78 is 5.35. The van der Waals surface area contributed by atoms with Gasteiger partial charge in [0.25, 0.3) is 0 Å². The number of piperazine rings is 1. The summed E-state index contributed by atoms with van der Waals surface area (Å²) in [5.41, 5.74) is 0. The molecule has 20 heavy (non-hydrogen) atoms. The molecule has 108 valence electrons. The molecule has 4 unspecified atom stereocenters. The highest BCUT2D eigenvalue weighted by molar-refractivity contribution is 5.82. The predicted molar refractivity (Wildman–Crippen MR) is 71.0 cm³/mol. The van der Waals surface area contributed by atoms with E-state index in [4.69, 9.17) is 4.52 Å². The summed E-state index contributed by atoms with van der Waals surface area (Å²) >= 11 is 0. The van der Waals surface area contributed by atoms with Crippen molar-refractivity contribution in [2.45, 2.75) is 44.1 Å². The first-order valence-corrected chi connectivity index (χ1v) is 7.63. The molecule has 3 aliphatic rings. The Morgan fingerprint density at radius 2 is 2.20 bits per heavy atom. The first kappa shape index (κ1) is 12.3. The van der Waals surface area contributed by atoms with Crippen molar-refractivity contribution in [2.75, 3.05) is 13.1 Å². The van der Waals surface area contributed by atoms with Gasteiger partial charge in [0.15, 0.2) is 5.82 Å². The fraction of sp³-hybridized carbons (Fsp3) is 0.786. The summed E-state index contributed by atoms with van der Waals surface area (Å²) in [6, 6.07) is -0.239. The second kappa shape index (κ2) is 4.84. The number of aromatic nitrogens is 2. The lowest BCUT2D eigenvalue weighted by Gasteiger charge is -2.21. The molecule has 2 heterocycles. The molecular formula is C14H20N4O2. The zero-order chi connectivity index (χ0) is 13.5. The van der Waals surface area contributed by atoms with Crippen molar-refractivity contribution in [3.05, 3.63) is 11.7 Å². The van der Waals surface area contributed by atoms with Crippen molar-refractivity contribution in [1.29, 1.82) is 0 Å². The zero-order valence-electron chi connectivity index (χ0n) is 11.5. The normalized spacial score (nSPS) is 36.3. The van der Waals surface area contributed by atoms with Gasteiger partial charge < -0.3 is 15.2 Å². The van der Waals surface area contributed by atoms with Crippen LogP contribution >= 0.6 is 0 Å². The highest BCUT2D eigenvalue weighted by Crippen LogP contribution is 2.52. The molecule has 1 saturated heterocycles. The van der Waals surface area contributed by atoms with Crippen LogP contribution in [0, 0.1) is 11.8 Å². The van der Waals surface area contributed by atoms with Crippen LogP contribution in [0.4, 0.5) is 0 Å². The molecule has 1 aliphatic heterocycles. The van der Waals surface area contributed by atoms with Crippen LogP contribution in [0.2, 0.25) is 0 Å². The Morgan fingerprint density at radius 3 is 2.95 bits per heavy atom. The van der Waals surface area contributed by atoms with Crippen LogP contribution in [0.1, 0.15) is 43.3 Å². The summed E-state index contributed by atoms with van der Waals surface area (Å²) in [4.78, 5) is 16.2. The number of nitrogens with one attached hydrogen (secondary N) is 2. The zero-order valence-corrected chi connectivity index (χ0v) is 11.5. The monoisotopic (exact) mass is 276 g/mol. The Morgan fingerprint density at radius 1 is 1.25 bits per heavy atom. The summed E-state index contributed by atoms with van der Waals surface area (Å²) in [7, 11) is 0. The number of carbonyl (C=O) groups is 1. The van der Waals surface area contributed by atoms with Crippen LogP contribution in [0.15, 0.2) is 4.52 Å². The highest BCUT2D eigenvalue weighted by Gasteiger charge is 2.42. The van der Waals surface area contributed by atoms with Gasteiger partial charge in [0.05, 0.1) is 12.5 Å². The fourth-order valence-electron chi connectivity index (χ4n) is 4.05. The van der Waals surface area contributed by atoms with Gasteiger partial charge in [0.1, 0.15) is 0 Å². The van der Waals surface area contributed by atoms with Crippen molar-refractivity contribution in [3.8, 4) is 0 Å². The van der Waals surface area contributed by atoms with Crippen molar-refractivity contribution >= 4 is 5.91 Å². The molecule has 0 radical (unpaired) electrons. The fourth-order valence-corrected chi connectivity index (χ4v) is 4.05. The number of carbonyl (C=O) groups excluding carboxylic acids is 1. The van der Waals surface area contributed by atoms with Gasteiger partial charge >= 0.3 is 0 Å². The first-order valence-electron chi connectivity index (χ1n) is 7.63. The van der Waals surface area contributed by atoms with Gasteiger partial charge in [-0.25, -0.2) is 0 Å². The van der Waals surface area contributed by atoms with Crippen LogP contribution in [-0.4, -0.2) is 35.2 Å². The number of amides is 1. The Labute approximate surface area is 117 Å². The summed E-state index contributed by atoms with van der Waals surface area (Å²) in [5, 5.41) is 10.2. The maximum atomic E-state index is 11.7. The second-order valence-electron chi connectivity index (χ2n) is 6.33. The Kier molecular flexibility index (Phi) is 2.98. The lowest BCUT2D eigenvalue weighted by Crippen LogP contribution is -2.53. The van der Waals surface area contributed by atoms with E-state index in [1.54, 1.807) is 0 Å². The number of hydrogen-bond acceptors (Lipinski definition) is 5. The number of hydrogen-bond donors (Lipinski definition) is 2. The van der Waals surface area contributed by atoms with E-state index in [-0.39, 0.29) is 11.9 Å². The summed E-state index contributed by atoms with van der Waals surface area (Å²) in [6.07, 6.45) is 5.72. The maximum absolute atomic E-state index is 11.7. The quantitative estimate of drug-likeness (QED) is 0.845. The van der Waals surface area contributed by atoms with E-state index in [0.717, 1.165) is 24.2 Å². The average Bonchev–Trinajstić information content (AvgIpc) is 3.16. The predicted octanol–water partition coefficient (Wildman–Crippen LogP) is 0.604. The summed E-state index contributed by atoms with van der Waals surface area (Å²) in [5.74, 6) is 3.58. The first-order chi connectivity index (χ1) is 9.79. The van der Waals surface area contributed by atoms with E-state index < -0.39 is 0 Å². The Bertz CT molecular complexity index is 515. The van der Waals surface area contributed by atoms with Crippen LogP contribution in [0.5, 0.6) is 0 Å². The second-order valence-corrected chi connectivity index (χ2v) is 6.33. The maximum Gasteiger partial charge on any atom is 0.237 e. The molecule has 2 bridgehead atoms. The van der Waals surface area contributed by atoms with E-state index >= 15 is 0 Å². The van der Waals surface area contributed by atoms with Gasteiger partial charge in [-0.2, -0.15) is 4.98 Å². The summed E-state index contributed by atoms with van der Waals surface area (Å²) in [6.45, 7) is 1.49. The molecule has 1 aromatic heterocycles. The number of rotatable bonds is 3. The minimum atomic E-state index is -0.239. The molecule has 2 saturated carbocycles. The van der Waals surface area contributed by atoms with Crippen molar-refractivity contribution in [1.82, 2.24) is 20.8 Å². The molecule has 4 rings (SSSR count). The third kappa shape index (κ3) is 2.12. The van der Waals surface area contributed by atoms with Gasteiger partial charge in [-0.1, -0.05) is 11.6 Å². The lowest BCUT2D eigenvalue weighted by molar-refractivity contribution is -0.124. The van der Waals surface area contributed by atoms with Crippen molar-refractivity contribution in [3.63, 3.8) is 0 Å². The SMILES string of the molecule is O=C1NCCNC1Cc1nc(C2CC3CCC2C3)no1. The van der Waals surface area contributed by atoms with Crippen LogP contribution < -0.4 is 10.6 Å². The average molecular weight is 276 g/mol. The highest BCUT2D eigenvalue weighted by atomic mass is 16.5. The molecule has 0 aromatic carbocycles. The van der Waals surface area contributed by atoms with E-state index in [1.165, 1.54) is 25.7 Å². The Balaban J connectivity index is 1.44. The van der Waals surface area contributed by atoms with Crippen molar-refractivity contribution in [2.24, 2.45) is 11.8 Å². The molecular weight excluding hydrogens is 256 g/mol. The molecule has 2 aliphatic carbocycles. The van der Waals surface area contributed by atoms with Gasteiger partial charge in [-0.3, -0.25) is 4.79 Å². The van der Waals surface area contributed by atoms with Crippen LogP contribution in [0.25, 0.3) is 0 Å². The minimum Gasteiger partial charge on any atom is -0.353 e. The van der Waals surface area contributed by atoms with Crippen LogP contribution in [-0.2, 0) is 11.2 Å². The molecule has 6 heteroatoms. The van der Waals surface area contributed by atoms with E-state index in [2.05, 4.69) is 20.8 Å². The smallest absolute Gasteiger partial charge is 0.237 e. The van der Waals surface area contributed by atoms with Gasteiger partial charge in [-0.15, -0.1) is 0 Å². The lowest BCUT2D eigenvalue weighted by atomic mass is 9.88. The van der Waals surface area contributed by atoms with Crippen molar-refractivity contribution < 1.29 is 9.32 Å². The third-order valence-corrected chi connectivity index (χ3v) is 5.06. The number of fused-ring (bicyclic) bond motifs is 2. The molecule has 2 N–H and O–H groups in total.